The number of carbonyl (C=O) groups excluding carboxylic acids is 2. The molecule has 1 aliphatic rings. The first-order valence-corrected chi connectivity index (χ1v) is 6.65. The molecular weight excluding hydrogens is 244 g/mol. The van der Waals surface area contributed by atoms with Crippen molar-refractivity contribution in [3.05, 3.63) is 18.0 Å². The van der Waals surface area contributed by atoms with Gasteiger partial charge in [0, 0.05) is 31.7 Å². The zero-order chi connectivity index (χ0) is 14.0. The Kier molecular flexibility index (Phi) is 3.87. The highest BCUT2D eigenvalue weighted by molar-refractivity contribution is 5.93. The van der Waals surface area contributed by atoms with Crippen molar-refractivity contribution in [1.29, 1.82) is 0 Å². The van der Waals surface area contributed by atoms with Crippen molar-refractivity contribution in [1.82, 2.24) is 20.0 Å². The number of hydrogen-bond acceptors (Lipinski definition) is 3. The minimum absolute atomic E-state index is 0.0977. The summed E-state index contributed by atoms with van der Waals surface area (Å²) in [5.74, 6) is -0.115. The van der Waals surface area contributed by atoms with Gasteiger partial charge in [-0.25, -0.2) is 0 Å². The smallest absolute Gasteiger partial charge is 0.272 e. The Morgan fingerprint density at radius 1 is 1.58 bits per heavy atom. The minimum atomic E-state index is -0.213. The van der Waals surface area contributed by atoms with Gasteiger partial charge in [0.15, 0.2) is 0 Å². The third-order valence-electron chi connectivity index (χ3n) is 3.30. The van der Waals surface area contributed by atoms with E-state index in [1.54, 1.807) is 21.8 Å². The van der Waals surface area contributed by atoms with Crippen LogP contribution in [0.5, 0.6) is 0 Å². The molecule has 1 saturated heterocycles. The van der Waals surface area contributed by atoms with E-state index in [1.807, 2.05) is 20.8 Å². The number of nitrogens with zero attached hydrogens (tertiary/aromatic N) is 3. The summed E-state index contributed by atoms with van der Waals surface area (Å²) < 4.78 is 1.74. The monoisotopic (exact) mass is 264 g/mol. The lowest BCUT2D eigenvalue weighted by Gasteiger charge is -2.14. The second-order valence-electron chi connectivity index (χ2n) is 5.08. The number of hydrogen-bond donors (Lipinski definition) is 1. The number of rotatable bonds is 4. The molecule has 1 aliphatic heterocycles. The van der Waals surface area contributed by atoms with E-state index in [-0.39, 0.29) is 23.9 Å². The Hall–Kier alpha value is -1.85. The quantitative estimate of drug-likeness (QED) is 0.875. The summed E-state index contributed by atoms with van der Waals surface area (Å²) in [6.07, 6.45) is 2.17. The Morgan fingerprint density at radius 3 is 2.84 bits per heavy atom. The normalized spacial score (nSPS) is 19.3. The van der Waals surface area contributed by atoms with Crippen LogP contribution in [-0.2, 0) is 4.79 Å². The molecule has 0 aromatic carbocycles. The van der Waals surface area contributed by atoms with Crippen molar-refractivity contribution < 1.29 is 9.59 Å². The number of likely N-dealkylation sites (tertiary alicyclic amines) is 1. The van der Waals surface area contributed by atoms with Crippen molar-refractivity contribution in [2.24, 2.45) is 0 Å². The van der Waals surface area contributed by atoms with Crippen LogP contribution in [0.3, 0.4) is 0 Å². The first kappa shape index (κ1) is 13.6. The SMILES string of the molecule is CCN1CC(NC(=O)c2ccn(C(C)C)n2)CC1=O. The Bertz CT molecular complexity index is 481. The van der Waals surface area contributed by atoms with Gasteiger partial charge >= 0.3 is 0 Å². The van der Waals surface area contributed by atoms with Crippen LogP contribution in [0.1, 0.15) is 43.7 Å². The third-order valence-corrected chi connectivity index (χ3v) is 3.30. The molecule has 0 radical (unpaired) electrons. The second kappa shape index (κ2) is 5.42. The van der Waals surface area contributed by atoms with Crippen LogP contribution in [0.25, 0.3) is 0 Å². The van der Waals surface area contributed by atoms with Gasteiger partial charge < -0.3 is 10.2 Å². The Balaban J connectivity index is 1.96. The zero-order valence-corrected chi connectivity index (χ0v) is 11.6. The Morgan fingerprint density at radius 2 is 2.32 bits per heavy atom. The number of carbonyl (C=O) groups is 2. The molecule has 1 fully saturated rings. The molecule has 2 amide bonds. The molecule has 6 heteroatoms. The van der Waals surface area contributed by atoms with Crippen molar-refractivity contribution >= 4 is 11.8 Å². The van der Waals surface area contributed by atoms with Crippen LogP contribution in [0, 0.1) is 0 Å². The first-order chi connectivity index (χ1) is 9.01. The molecule has 1 atom stereocenters. The van der Waals surface area contributed by atoms with Gasteiger partial charge in [-0.1, -0.05) is 0 Å². The maximum absolute atomic E-state index is 12.0. The molecule has 19 heavy (non-hydrogen) atoms. The molecule has 1 aromatic rings. The highest BCUT2D eigenvalue weighted by atomic mass is 16.2. The van der Waals surface area contributed by atoms with Crippen molar-refractivity contribution in [2.45, 2.75) is 39.3 Å². The average Bonchev–Trinajstić information content (AvgIpc) is 2.95. The molecule has 104 valence electrons. The van der Waals surface area contributed by atoms with Crippen LogP contribution in [0.2, 0.25) is 0 Å². The van der Waals surface area contributed by atoms with E-state index in [9.17, 15) is 9.59 Å². The lowest BCUT2D eigenvalue weighted by atomic mass is 10.2. The molecule has 0 aliphatic carbocycles. The fourth-order valence-corrected chi connectivity index (χ4v) is 2.18. The van der Waals surface area contributed by atoms with Crippen molar-refractivity contribution in [3.63, 3.8) is 0 Å². The van der Waals surface area contributed by atoms with E-state index >= 15 is 0 Å². The summed E-state index contributed by atoms with van der Waals surface area (Å²) in [4.78, 5) is 25.4. The molecule has 1 N–H and O–H groups in total. The summed E-state index contributed by atoms with van der Waals surface area (Å²) in [6.45, 7) is 7.22. The lowest BCUT2D eigenvalue weighted by Crippen LogP contribution is -2.37. The highest BCUT2D eigenvalue weighted by Crippen LogP contribution is 2.11. The van der Waals surface area contributed by atoms with E-state index in [4.69, 9.17) is 0 Å². The predicted octanol–water partition coefficient (Wildman–Crippen LogP) is 0.815. The average molecular weight is 264 g/mol. The van der Waals surface area contributed by atoms with Crippen LogP contribution in [0.15, 0.2) is 12.3 Å². The summed E-state index contributed by atoms with van der Waals surface area (Å²) in [6, 6.07) is 1.82. The molecule has 2 rings (SSSR count). The topological polar surface area (TPSA) is 67.2 Å². The fraction of sp³-hybridized carbons (Fsp3) is 0.615. The van der Waals surface area contributed by atoms with Gasteiger partial charge in [0.2, 0.25) is 5.91 Å². The molecule has 0 spiro atoms. The van der Waals surface area contributed by atoms with Gasteiger partial charge in [0.05, 0.1) is 6.04 Å². The van der Waals surface area contributed by atoms with Gasteiger partial charge in [-0.15, -0.1) is 0 Å². The summed E-state index contributed by atoms with van der Waals surface area (Å²) in [5, 5.41) is 7.08. The maximum atomic E-state index is 12.0. The number of amides is 2. The number of nitrogens with one attached hydrogen (secondary N) is 1. The lowest BCUT2D eigenvalue weighted by molar-refractivity contribution is -0.127. The van der Waals surface area contributed by atoms with Crippen LogP contribution >= 0.6 is 0 Å². The van der Waals surface area contributed by atoms with E-state index in [0.29, 0.717) is 25.2 Å². The molecule has 6 nitrogen and oxygen atoms in total. The van der Waals surface area contributed by atoms with E-state index < -0.39 is 0 Å². The van der Waals surface area contributed by atoms with Crippen molar-refractivity contribution in [2.75, 3.05) is 13.1 Å². The van der Waals surface area contributed by atoms with Crippen LogP contribution < -0.4 is 5.32 Å². The van der Waals surface area contributed by atoms with Gasteiger partial charge in [0.25, 0.3) is 5.91 Å². The third kappa shape index (κ3) is 2.94. The number of aromatic nitrogens is 2. The first-order valence-electron chi connectivity index (χ1n) is 6.65. The standard InChI is InChI=1S/C13H20N4O2/c1-4-16-8-10(7-12(16)18)14-13(19)11-5-6-17(15-11)9(2)3/h5-6,9-10H,4,7-8H2,1-3H3,(H,14,19). The second-order valence-corrected chi connectivity index (χ2v) is 5.08. The van der Waals surface area contributed by atoms with Gasteiger partial charge in [-0.2, -0.15) is 5.10 Å². The van der Waals surface area contributed by atoms with Gasteiger partial charge in [-0.05, 0) is 26.8 Å². The molecule has 0 saturated carbocycles. The number of likely N-dealkylation sites (N-methyl/N-ethyl adjacent to an activating group) is 1. The predicted molar refractivity (Wildman–Crippen MR) is 70.7 cm³/mol. The zero-order valence-electron chi connectivity index (χ0n) is 11.6. The highest BCUT2D eigenvalue weighted by Gasteiger charge is 2.29. The summed E-state index contributed by atoms with van der Waals surface area (Å²) in [5.41, 5.74) is 0.399. The van der Waals surface area contributed by atoms with Crippen LogP contribution in [0.4, 0.5) is 0 Å². The van der Waals surface area contributed by atoms with E-state index in [0.717, 1.165) is 0 Å². The Labute approximate surface area is 112 Å². The van der Waals surface area contributed by atoms with E-state index in [2.05, 4.69) is 10.4 Å². The molecule has 1 aromatic heterocycles. The largest absolute Gasteiger partial charge is 0.346 e. The summed E-state index contributed by atoms with van der Waals surface area (Å²) >= 11 is 0. The molecule has 2 heterocycles. The van der Waals surface area contributed by atoms with E-state index in [1.165, 1.54) is 0 Å². The van der Waals surface area contributed by atoms with Gasteiger partial charge in [-0.3, -0.25) is 14.3 Å². The fourth-order valence-electron chi connectivity index (χ4n) is 2.18. The maximum Gasteiger partial charge on any atom is 0.272 e. The van der Waals surface area contributed by atoms with Gasteiger partial charge in [0.1, 0.15) is 5.69 Å². The molecular formula is C13H20N4O2. The van der Waals surface area contributed by atoms with Crippen LogP contribution in [-0.4, -0.2) is 45.6 Å². The minimum Gasteiger partial charge on any atom is -0.346 e. The molecule has 0 bridgehead atoms. The molecule has 1 unspecified atom stereocenters. The van der Waals surface area contributed by atoms with Crippen molar-refractivity contribution in [3.8, 4) is 0 Å². The summed E-state index contributed by atoms with van der Waals surface area (Å²) in [7, 11) is 0.